The highest BCUT2D eigenvalue weighted by Gasteiger charge is 2.27. The summed E-state index contributed by atoms with van der Waals surface area (Å²) in [7, 11) is -3.01. The molecule has 26 heavy (non-hydrogen) atoms. The molecule has 1 aromatic carbocycles. The predicted octanol–water partition coefficient (Wildman–Crippen LogP) is 2.35. The topological polar surface area (TPSA) is 88.2 Å². The van der Waals surface area contributed by atoms with Gasteiger partial charge in [-0.05, 0) is 30.7 Å². The van der Waals surface area contributed by atoms with E-state index in [9.17, 15) is 26.4 Å². The van der Waals surface area contributed by atoms with E-state index in [1.807, 2.05) is 0 Å². The first-order chi connectivity index (χ1) is 12.2. The molecule has 0 saturated carbocycles. The molecular weight excluding hydrogens is 371 g/mol. The fourth-order valence-electron chi connectivity index (χ4n) is 2.58. The monoisotopic (exact) mass is 385 g/mol. The van der Waals surface area contributed by atoms with Crippen molar-refractivity contribution >= 4 is 27.2 Å². The summed E-state index contributed by atoms with van der Waals surface area (Å²) in [4.78, 5) is 15.9. The zero-order chi connectivity index (χ0) is 18.9. The quantitative estimate of drug-likeness (QED) is 0.789. The van der Waals surface area contributed by atoms with E-state index in [1.165, 1.54) is 12.3 Å². The number of hydrogen-bond donors (Lipinski definition) is 2. The van der Waals surface area contributed by atoms with Crippen LogP contribution in [-0.4, -0.2) is 36.9 Å². The second kappa shape index (κ2) is 6.94. The van der Waals surface area contributed by atoms with E-state index in [0.29, 0.717) is 18.2 Å². The molecule has 3 rings (SSSR count). The minimum Gasteiger partial charge on any atom is -0.380 e. The Morgan fingerprint density at radius 2 is 1.88 bits per heavy atom. The van der Waals surface area contributed by atoms with Gasteiger partial charge in [0.05, 0.1) is 29.0 Å². The van der Waals surface area contributed by atoms with E-state index < -0.39 is 38.8 Å². The first-order valence-electron chi connectivity index (χ1n) is 7.63. The summed E-state index contributed by atoms with van der Waals surface area (Å²) in [5.41, 5.74) is -0.0897. The van der Waals surface area contributed by atoms with Crippen LogP contribution in [-0.2, 0) is 9.84 Å². The van der Waals surface area contributed by atoms with Crippen molar-refractivity contribution in [3.05, 3.63) is 53.5 Å². The number of nitrogens with zero attached hydrogens (tertiary/aromatic N) is 1. The van der Waals surface area contributed by atoms with Crippen molar-refractivity contribution in [2.24, 2.45) is 0 Å². The number of benzene rings is 1. The normalized spacial score (nSPS) is 18.5. The highest BCUT2D eigenvalue weighted by molar-refractivity contribution is 7.91. The molecule has 0 spiro atoms. The zero-order valence-corrected chi connectivity index (χ0v) is 14.1. The van der Waals surface area contributed by atoms with Crippen molar-refractivity contribution in [1.82, 2.24) is 4.98 Å². The molecule has 1 atom stereocenters. The Hall–Kier alpha value is -2.62. The number of hydrogen-bond acceptors (Lipinski definition) is 5. The number of rotatable bonds is 4. The van der Waals surface area contributed by atoms with Gasteiger partial charge in [-0.25, -0.2) is 26.6 Å². The molecule has 1 saturated heterocycles. The third-order valence-corrected chi connectivity index (χ3v) is 5.66. The van der Waals surface area contributed by atoms with Crippen molar-refractivity contribution in [1.29, 1.82) is 0 Å². The standard InChI is InChI=1S/C16H14F3N3O3S/c17-12-3-2-11(14(18)15(12)19)16(23)22-13-4-1-9(7-20-13)21-10-5-6-26(24,25)8-10/h1-4,7,10,21H,5-6,8H2,(H,20,22,23). The number of anilines is 2. The number of carbonyl (C=O) groups is 1. The predicted molar refractivity (Wildman–Crippen MR) is 89.2 cm³/mol. The van der Waals surface area contributed by atoms with Crippen molar-refractivity contribution in [3.8, 4) is 0 Å². The van der Waals surface area contributed by atoms with Crippen LogP contribution in [0, 0.1) is 17.5 Å². The lowest BCUT2D eigenvalue weighted by molar-refractivity contribution is 0.102. The largest absolute Gasteiger partial charge is 0.380 e. The zero-order valence-electron chi connectivity index (χ0n) is 13.3. The van der Waals surface area contributed by atoms with E-state index in [2.05, 4.69) is 15.6 Å². The summed E-state index contributed by atoms with van der Waals surface area (Å²) in [5, 5.41) is 5.30. The lowest BCUT2D eigenvalue weighted by Crippen LogP contribution is -2.20. The van der Waals surface area contributed by atoms with Crippen molar-refractivity contribution in [2.75, 3.05) is 22.1 Å². The Kier molecular flexibility index (Phi) is 4.86. The Morgan fingerprint density at radius 3 is 2.50 bits per heavy atom. The van der Waals surface area contributed by atoms with Crippen LogP contribution in [0.25, 0.3) is 0 Å². The summed E-state index contributed by atoms with van der Waals surface area (Å²) in [6.07, 6.45) is 1.87. The van der Waals surface area contributed by atoms with Crippen molar-refractivity contribution in [3.63, 3.8) is 0 Å². The van der Waals surface area contributed by atoms with E-state index in [-0.39, 0.29) is 23.4 Å². The van der Waals surface area contributed by atoms with Gasteiger partial charge in [-0.2, -0.15) is 0 Å². The van der Waals surface area contributed by atoms with Gasteiger partial charge < -0.3 is 10.6 Å². The van der Waals surface area contributed by atoms with E-state index in [0.717, 1.165) is 6.07 Å². The van der Waals surface area contributed by atoms with Crippen LogP contribution >= 0.6 is 0 Å². The number of nitrogens with one attached hydrogen (secondary N) is 2. The van der Waals surface area contributed by atoms with E-state index >= 15 is 0 Å². The smallest absolute Gasteiger partial charge is 0.259 e. The number of aromatic nitrogens is 1. The molecule has 6 nitrogen and oxygen atoms in total. The van der Waals surface area contributed by atoms with Gasteiger partial charge in [0, 0.05) is 6.04 Å². The van der Waals surface area contributed by atoms with Crippen LogP contribution in [0.1, 0.15) is 16.8 Å². The number of amides is 1. The Morgan fingerprint density at radius 1 is 1.12 bits per heavy atom. The van der Waals surface area contributed by atoms with Gasteiger partial charge in [-0.15, -0.1) is 0 Å². The molecule has 138 valence electrons. The highest BCUT2D eigenvalue weighted by atomic mass is 32.2. The van der Waals surface area contributed by atoms with Crippen LogP contribution in [0.2, 0.25) is 0 Å². The Balaban J connectivity index is 1.66. The summed E-state index contributed by atoms with van der Waals surface area (Å²) < 4.78 is 62.6. The van der Waals surface area contributed by atoms with Gasteiger partial charge in [0.1, 0.15) is 5.82 Å². The van der Waals surface area contributed by atoms with E-state index in [4.69, 9.17) is 0 Å². The highest BCUT2D eigenvalue weighted by Crippen LogP contribution is 2.19. The van der Waals surface area contributed by atoms with Crippen molar-refractivity contribution < 1.29 is 26.4 Å². The van der Waals surface area contributed by atoms with Gasteiger partial charge in [0.25, 0.3) is 5.91 Å². The van der Waals surface area contributed by atoms with Gasteiger partial charge in [-0.1, -0.05) is 0 Å². The first kappa shape index (κ1) is 18.2. The van der Waals surface area contributed by atoms with Crippen LogP contribution in [0.5, 0.6) is 0 Å². The number of carbonyl (C=O) groups excluding carboxylic acids is 1. The molecule has 1 aliphatic rings. The Bertz CT molecular complexity index is 949. The molecule has 10 heteroatoms. The summed E-state index contributed by atoms with van der Waals surface area (Å²) in [6.45, 7) is 0. The average Bonchev–Trinajstić information content (AvgIpc) is 2.93. The lowest BCUT2D eigenvalue weighted by atomic mass is 10.2. The number of sulfone groups is 1. The summed E-state index contributed by atoms with van der Waals surface area (Å²) >= 11 is 0. The van der Waals surface area contributed by atoms with Crippen LogP contribution in [0.3, 0.4) is 0 Å². The maximum absolute atomic E-state index is 13.6. The van der Waals surface area contributed by atoms with Crippen LogP contribution < -0.4 is 10.6 Å². The second-order valence-corrected chi connectivity index (χ2v) is 8.08. The number of pyridine rings is 1. The second-order valence-electron chi connectivity index (χ2n) is 5.85. The molecule has 2 N–H and O–H groups in total. The molecule has 2 aromatic rings. The maximum Gasteiger partial charge on any atom is 0.259 e. The minimum absolute atomic E-state index is 0.0426. The SMILES string of the molecule is O=C(Nc1ccc(NC2CCS(=O)(=O)C2)cn1)c1ccc(F)c(F)c1F. The fourth-order valence-corrected chi connectivity index (χ4v) is 4.26. The van der Waals surface area contributed by atoms with Gasteiger partial charge in [0.15, 0.2) is 27.3 Å². The molecule has 1 unspecified atom stereocenters. The maximum atomic E-state index is 13.6. The Labute approximate surface area is 147 Å². The molecule has 0 radical (unpaired) electrons. The molecule has 1 amide bonds. The van der Waals surface area contributed by atoms with Crippen LogP contribution in [0.15, 0.2) is 30.5 Å². The first-order valence-corrected chi connectivity index (χ1v) is 9.45. The lowest BCUT2D eigenvalue weighted by Gasteiger charge is -2.12. The molecule has 2 heterocycles. The third kappa shape index (κ3) is 3.96. The molecule has 1 aromatic heterocycles. The fraction of sp³-hybridized carbons (Fsp3) is 0.250. The average molecular weight is 385 g/mol. The summed E-state index contributed by atoms with van der Waals surface area (Å²) in [5.74, 6) is -5.42. The van der Waals surface area contributed by atoms with Crippen molar-refractivity contribution in [2.45, 2.75) is 12.5 Å². The van der Waals surface area contributed by atoms with Gasteiger partial charge >= 0.3 is 0 Å². The molecule has 1 aliphatic heterocycles. The van der Waals surface area contributed by atoms with Gasteiger partial charge in [0.2, 0.25) is 0 Å². The molecular formula is C16H14F3N3O3S. The molecule has 0 bridgehead atoms. The number of halogens is 3. The third-order valence-electron chi connectivity index (χ3n) is 3.89. The molecule has 1 fully saturated rings. The van der Waals surface area contributed by atoms with Crippen LogP contribution in [0.4, 0.5) is 24.7 Å². The van der Waals surface area contributed by atoms with E-state index in [1.54, 1.807) is 6.07 Å². The minimum atomic E-state index is -3.01. The molecule has 0 aliphatic carbocycles. The summed E-state index contributed by atoms with van der Waals surface area (Å²) in [6, 6.07) is 4.26. The van der Waals surface area contributed by atoms with Gasteiger partial charge in [-0.3, -0.25) is 4.79 Å².